The van der Waals surface area contributed by atoms with Crippen LogP contribution in [0.1, 0.15) is 27.4 Å². The van der Waals surface area contributed by atoms with E-state index < -0.39 is 23.7 Å². The lowest BCUT2D eigenvalue weighted by molar-refractivity contribution is -0.119. The molecular weight excluding hydrogens is 402 g/mol. The van der Waals surface area contributed by atoms with Crippen molar-refractivity contribution in [2.75, 3.05) is 19.0 Å². The lowest BCUT2D eigenvalue weighted by atomic mass is 9.74. The summed E-state index contributed by atoms with van der Waals surface area (Å²) in [6, 6.07) is 9.26. The Labute approximate surface area is 177 Å². The quantitative estimate of drug-likeness (QED) is 0.678. The van der Waals surface area contributed by atoms with Gasteiger partial charge in [0.1, 0.15) is 23.9 Å². The maximum Gasteiger partial charge on any atom is 0.336 e. The molecule has 2 aliphatic rings. The Morgan fingerprint density at radius 1 is 1.16 bits per heavy atom. The Bertz CT molecular complexity index is 1150. The summed E-state index contributed by atoms with van der Waals surface area (Å²) in [7, 11) is 1.39. The van der Waals surface area contributed by atoms with E-state index in [1.54, 1.807) is 24.3 Å². The summed E-state index contributed by atoms with van der Waals surface area (Å²) < 4.78 is 10.6. The normalized spacial score (nSPS) is 19.0. The molecule has 31 heavy (non-hydrogen) atoms. The minimum atomic E-state index is -1.16. The van der Waals surface area contributed by atoms with Gasteiger partial charge in [-0.3, -0.25) is 9.59 Å². The number of anilines is 1. The van der Waals surface area contributed by atoms with E-state index in [1.165, 1.54) is 37.5 Å². The number of nitrogens with one attached hydrogen (secondary N) is 1. The summed E-state index contributed by atoms with van der Waals surface area (Å²) in [6.07, 6.45) is 4.48. The molecule has 0 saturated carbocycles. The van der Waals surface area contributed by atoms with Crippen molar-refractivity contribution in [3.05, 3.63) is 77.1 Å². The number of carbonyl (C=O) groups is 3. The van der Waals surface area contributed by atoms with E-state index in [0.717, 1.165) is 0 Å². The highest BCUT2D eigenvalue weighted by molar-refractivity contribution is 6.01. The smallest absolute Gasteiger partial charge is 0.336 e. The van der Waals surface area contributed by atoms with Crippen LogP contribution in [0.5, 0.6) is 11.5 Å². The van der Waals surface area contributed by atoms with E-state index in [0.29, 0.717) is 28.3 Å². The van der Waals surface area contributed by atoms with Crippen molar-refractivity contribution < 1.29 is 34.1 Å². The lowest BCUT2D eigenvalue weighted by Crippen LogP contribution is -2.27. The Kier molecular flexibility index (Phi) is 5.31. The molecule has 0 bridgehead atoms. The zero-order valence-electron chi connectivity index (χ0n) is 16.5. The zero-order valence-corrected chi connectivity index (χ0v) is 16.5. The molecule has 3 N–H and O–H groups in total. The molecular formula is C23H19NO7. The van der Waals surface area contributed by atoms with Crippen LogP contribution < -0.4 is 10.1 Å². The van der Waals surface area contributed by atoms with Crippen LogP contribution in [0.3, 0.4) is 0 Å². The van der Waals surface area contributed by atoms with E-state index in [9.17, 15) is 24.6 Å². The van der Waals surface area contributed by atoms with Crippen LogP contribution in [0.15, 0.2) is 60.4 Å². The molecule has 2 aromatic rings. The van der Waals surface area contributed by atoms with Gasteiger partial charge >= 0.3 is 5.97 Å². The number of phenols is 1. The number of fused-ring (bicyclic) bond motifs is 2. The minimum absolute atomic E-state index is 0.00536. The number of aromatic carboxylic acids is 1. The van der Waals surface area contributed by atoms with Crippen molar-refractivity contribution in [1.29, 1.82) is 0 Å². The fraction of sp³-hybridized carbons (Fsp3) is 0.174. The molecule has 2 aromatic carbocycles. The third kappa shape index (κ3) is 3.93. The van der Waals surface area contributed by atoms with E-state index in [2.05, 4.69) is 5.32 Å². The Morgan fingerprint density at radius 2 is 1.94 bits per heavy atom. The number of benzene rings is 2. The molecule has 4 rings (SSSR count). The van der Waals surface area contributed by atoms with Gasteiger partial charge in [-0.1, -0.05) is 18.2 Å². The summed E-state index contributed by atoms with van der Waals surface area (Å²) in [5.74, 6) is -1.96. The number of carboxylic acid groups (broad SMARTS) is 1. The molecule has 1 amide bonds. The van der Waals surface area contributed by atoms with Crippen LogP contribution in [-0.2, 0) is 14.3 Å². The number of carbonyl (C=O) groups excluding carboxylic acids is 2. The molecule has 0 radical (unpaired) electrons. The highest BCUT2D eigenvalue weighted by Crippen LogP contribution is 2.49. The molecule has 0 fully saturated rings. The second-order valence-corrected chi connectivity index (χ2v) is 7.22. The van der Waals surface area contributed by atoms with Gasteiger partial charge in [0, 0.05) is 42.3 Å². The first-order valence-electron chi connectivity index (χ1n) is 9.48. The first-order chi connectivity index (χ1) is 14.9. The zero-order chi connectivity index (χ0) is 22.1. The number of methoxy groups -OCH3 is 1. The van der Waals surface area contributed by atoms with Crippen molar-refractivity contribution in [2.24, 2.45) is 5.92 Å². The summed E-state index contributed by atoms with van der Waals surface area (Å²) in [4.78, 5) is 35.8. The predicted molar refractivity (Wildman–Crippen MR) is 110 cm³/mol. The van der Waals surface area contributed by atoms with Crippen LogP contribution in [-0.4, -0.2) is 41.6 Å². The molecule has 1 aliphatic carbocycles. The molecule has 8 heteroatoms. The molecule has 158 valence electrons. The van der Waals surface area contributed by atoms with Crippen LogP contribution in [0.4, 0.5) is 5.69 Å². The number of allylic oxidation sites excluding steroid dienone is 3. The molecule has 1 aliphatic heterocycles. The van der Waals surface area contributed by atoms with Gasteiger partial charge in [0.15, 0.2) is 5.78 Å². The molecule has 0 spiro atoms. The third-order valence-electron chi connectivity index (χ3n) is 5.18. The lowest BCUT2D eigenvalue weighted by Gasteiger charge is -2.35. The SMILES string of the molecule is COCC(=O)Nc1ccc(C2c3ccc(O)cc3OC3=CC(=O)C=CC32)c(C(=O)O)c1. The van der Waals surface area contributed by atoms with Gasteiger partial charge < -0.3 is 25.0 Å². The minimum Gasteiger partial charge on any atom is -0.508 e. The van der Waals surface area contributed by atoms with E-state index in [1.807, 2.05) is 0 Å². The number of hydrogen-bond donors (Lipinski definition) is 3. The fourth-order valence-corrected chi connectivity index (χ4v) is 3.92. The Balaban J connectivity index is 1.84. The number of amides is 1. The number of ether oxygens (including phenoxy) is 2. The molecule has 8 nitrogen and oxygen atoms in total. The number of phenolic OH excluding ortho intramolecular Hbond substituents is 1. The second-order valence-electron chi connectivity index (χ2n) is 7.22. The average molecular weight is 421 g/mol. The maximum atomic E-state index is 12.1. The number of aromatic hydroxyl groups is 1. The summed E-state index contributed by atoms with van der Waals surface area (Å²) >= 11 is 0. The van der Waals surface area contributed by atoms with Crippen LogP contribution in [0, 0.1) is 5.92 Å². The van der Waals surface area contributed by atoms with Gasteiger partial charge in [-0.05, 0) is 29.8 Å². The maximum absolute atomic E-state index is 12.1. The number of rotatable bonds is 5. The van der Waals surface area contributed by atoms with Gasteiger partial charge in [0.2, 0.25) is 5.91 Å². The van der Waals surface area contributed by atoms with Crippen molar-refractivity contribution in [3.8, 4) is 11.5 Å². The van der Waals surface area contributed by atoms with E-state index >= 15 is 0 Å². The van der Waals surface area contributed by atoms with Gasteiger partial charge in [-0.2, -0.15) is 0 Å². The van der Waals surface area contributed by atoms with Crippen molar-refractivity contribution in [3.63, 3.8) is 0 Å². The van der Waals surface area contributed by atoms with Crippen LogP contribution in [0.25, 0.3) is 0 Å². The second kappa shape index (κ2) is 8.08. The van der Waals surface area contributed by atoms with E-state index in [-0.39, 0.29) is 23.7 Å². The van der Waals surface area contributed by atoms with Crippen LogP contribution >= 0.6 is 0 Å². The number of ketones is 1. The Hall–Kier alpha value is -3.91. The molecule has 1 heterocycles. The average Bonchev–Trinajstić information content (AvgIpc) is 2.72. The van der Waals surface area contributed by atoms with Gasteiger partial charge in [0.25, 0.3) is 0 Å². The molecule has 2 atom stereocenters. The molecule has 0 aromatic heterocycles. The molecule has 2 unspecified atom stereocenters. The summed E-state index contributed by atoms with van der Waals surface area (Å²) in [5.41, 5.74) is 1.50. The largest absolute Gasteiger partial charge is 0.508 e. The summed E-state index contributed by atoms with van der Waals surface area (Å²) in [6.45, 7) is -0.157. The monoisotopic (exact) mass is 421 g/mol. The van der Waals surface area contributed by atoms with Gasteiger partial charge in [-0.15, -0.1) is 0 Å². The highest BCUT2D eigenvalue weighted by Gasteiger charge is 2.38. The van der Waals surface area contributed by atoms with Crippen molar-refractivity contribution >= 4 is 23.3 Å². The fourth-order valence-electron chi connectivity index (χ4n) is 3.92. The standard InChI is InChI=1S/C23H19NO7/c1-30-11-21(27)24-12-2-5-15(18(8-12)23(28)29)22-16-6-3-13(25)9-19(16)31-20-10-14(26)4-7-17(20)22/h2-10,16,22,26H,11H2,1H3,(H,24,27)(H,28,29). The van der Waals surface area contributed by atoms with Gasteiger partial charge in [-0.25, -0.2) is 4.79 Å². The first-order valence-corrected chi connectivity index (χ1v) is 9.48. The Morgan fingerprint density at radius 3 is 2.68 bits per heavy atom. The first kappa shape index (κ1) is 20.4. The van der Waals surface area contributed by atoms with E-state index in [4.69, 9.17) is 9.47 Å². The predicted octanol–water partition coefficient (Wildman–Crippen LogP) is 2.84. The number of hydrogen-bond acceptors (Lipinski definition) is 6. The summed E-state index contributed by atoms with van der Waals surface area (Å²) in [5, 5.41) is 22.4. The van der Waals surface area contributed by atoms with Crippen LogP contribution in [0.2, 0.25) is 0 Å². The van der Waals surface area contributed by atoms with Gasteiger partial charge in [0.05, 0.1) is 5.56 Å². The number of carboxylic acids is 1. The molecule has 0 saturated heterocycles. The topological polar surface area (TPSA) is 122 Å². The third-order valence-corrected chi connectivity index (χ3v) is 5.18. The highest BCUT2D eigenvalue weighted by atomic mass is 16.5. The van der Waals surface area contributed by atoms with Crippen molar-refractivity contribution in [2.45, 2.75) is 5.92 Å². The van der Waals surface area contributed by atoms with Crippen molar-refractivity contribution in [1.82, 2.24) is 0 Å².